The Morgan fingerprint density at radius 3 is 1.87 bits per heavy atom. The zero-order chi connectivity index (χ0) is 18.4. The first-order chi connectivity index (χ1) is 10.1. The van der Waals surface area contributed by atoms with E-state index in [0.717, 1.165) is 13.8 Å². The van der Waals surface area contributed by atoms with Crippen molar-refractivity contribution in [3.05, 3.63) is 0 Å². The quantitative estimate of drug-likeness (QED) is 0.0886. The number of hydrogen-bond acceptors (Lipinski definition) is 4. The van der Waals surface area contributed by atoms with Gasteiger partial charge in [-0.15, -0.1) is 0 Å². The molecule has 4 nitrogen and oxygen atoms in total. The molecule has 1 heterocycles. The summed E-state index contributed by atoms with van der Waals surface area (Å²) in [5, 5.41) is 9.44. The number of hydrogen-bond donors (Lipinski definition) is 2. The molecular weight excluding hydrogens is 562 g/mol. The molecule has 0 amide bonds. The fourth-order valence-electron chi connectivity index (χ4n) is 1.76. The van der Waals surface area contributed by atoms with Crippen LogP contribution < -0.4 is 25.0 Å². The Balaban J connectivity index is 3.20. The Labute approximate surface area is 152 Å². The van der Waals surface area contributed by atoms with Crippen LogP contribution in [0.4, 0.5) is 26.3 Å². The van der Waals surface area contributed by atoms with E-state index in [1.54, 1.807) is 22.6 Å². The summed E-state index contributed by atoms with van der Waals surface area (Å²) >= 11 is 1.10. The van der Waals surface area contributed by atoms with E-state index in [-0.39, 0.29) is 4.05 Å². The van der Waals surface area contributed by atoms with E-state index in [9.17, 15) is 36.2 Å². The first-order valence-electron chi connectivity index (χ1n) is 6.20. The van der Waals surface area contributed by atoms with Crippen LogP contribution in [0.1, 0.15) is 20.8 Å². The number of nitrogens with one attached hydrogen (secondary N) is 1. The van der Waals surface area contributed by atoms with Gasteiger partial charge in [0.25, 0.3) is 0 Å². The zero-order valence-electron chi connectivity index (χ0n) is 12.0. The fraction of sp³-hybridized carbons (Fsp3) is 0.909. The van der Waals surface area contributed by atoms with Crippen LogP contribution in [0, 0.1) is 5.92 Å². The molecule has 0 aromatic heterocycles. The molecular formula is C11H14F6I2NO3-. The van der Waals surface area contributed by atoms with Gasteiger partial charge in [-0.3, -0.25) is 0 Å². The van der Waals surface area contributed by atoms with Crippen molar-refractivity contribution in [1.29, 1.82) is 0 Å². The Bertz CT molecular complexity index is 448. The molecule has 3 atom stereocenters. The van der Waals surface area contributed by atoms with Crippen molar-refractivity contribution in [1.82, 2.24) is 3.53 Å². The van der Waals surface area contributed by atoms with Gasteiger partial charge in [-0.25, -0.2) is 0 Å². The normalized spacial score (nSPS) is 23.7. The van der Waals surface area contributed by atoms with Gasteiger partial charge in [0.05, 0.1) is 0 Å². The van der Waals surface area contributed by atoms with Crippen LogP contribution >= 0.6 is 22.6 Å². The number of alkyl halides is 8. The fourth-order valence-corrected chi connectivity index (χ4v) is 5.07. The summed E-state index contributed by atoms with van der Waals surface area (Å²) in [6, 6.07) is 0. The molecule has 1 aliphatic rings. The molecule has 23 heavy (non-hydrogen) atoms. The Kier molecular flexibility index (Phi) is 6.19. The van der Waals surface area contributed by atoms with Crippen molar-refractivity contribution in [2.45, 2.75) is 52.3 Å². The van der Waals surface area contributed by atoms with E-state index >= 15 is 0 Å². The van der Waals surface area contributed by atoms with Crippen molar-refractivity contribution in [3.63, 3.8) is 0 Å². The summed E-state index contributed by atoms with van der Waals surface area (Å²) in [5.41, 5.74) is -5.14. The van der Waals surface area contributed by atoms with Gasteiger partial charge in [0.2, 0.25) is 0 Å². The van der Waals surface area contributed by atoms with Crippen LogP contribution in [0.2, 0.25) is 0 Å². The van der Waals surface area contributed by atoms with Crippen LogP contribution in [0.15, 0.2) is 0 Å². The summed E-state index contributed by atoms with van der Waals surface area (Å²) in [6.45, 7) is 3.37. The molecule has 12 heteroatoms. The summed E-state index contributed by atoms with van der Waals surface area (Å²) < 4.78 is 83.5. The molecule has 138 valence electrons. The Morgan fingerprint density at radius 2 is 1.61 bits per heavy atom. The van der Waals surface area contributed by atoms with E-state index < -0.39 is 60.8 Å². The number of esters is 1. The molecule has 1 rings (SSSR count). The molecule has 0 aliphatic carbocycles. The number of ether oxygens (including phenoxy) is 1. The second-order valence-electron chi connectivity index (χ2n) is 5.49. The summed E-state index contributed by atoms with van der Waals surface area (Å²) in [6.07, 6.45) is -14.9. The Hall–Kier alpha value is 0.430. The van der Waals surface area contributed by atoms with Gasteiger partial charge in [0, 0.05) is 0 Å². The number of rotatable bonds is 5. The second-order valence-corrected chi connectivity index (χ2v) is 10.2. The average Bonchev–Trinajstić information content (AvgIpc) is 3.15. The first-order valence-corrected chi connectivity index (χ1v) is 9.60. The van der Waals surface area contributed by atoms with Gasteiger partial charge >= 0.3 is 153 Å². The van der Waals surface area contributed by atoms with Crippen molar-refractivity contribution >= 4 is 28.6 Å². The molecule has 0 saturated carbocycles. The van der Waals surface area contributed by atoms with Crippen LogP contribution in [-0.4, -0.2) is 42.6 Å². The van der Waals surface area contributed by atoms with E-state index in [1.807, 2.05) is 0 Å². The third-order valence-electron chi connectivity index (χ3n) is 3.21. The molecule has 0 spiro atoms. The van der Waals surface area contributed by atoms with Gasteiger partial charge in [-0.2, -0.15) is 0 Å². The third kappa shape index (κ3) is 4.16. The second kappa shape index (κ2) is 6.63. The molecule has 1 aliphatic heterocycles. The third-order valence-corrected chi connectivity index (χ3v) is 7.96. The maximum absolute atomic E-state index is 13.0. The van der Waals surface area contributed by atoms with Crippen LogP contribution in [-0.2, 0) is 9.53 Å². The molecule has 2 unspecified atom stereocenters. The van der Waals surface area contributed by atoms with E-state index in [4.69, 9.17) is 0 Å². The monoisotopic (exact) mass is 576 g/mol. The minimum absolute atomic E-state index is 0.299. The zero-order valence-corrected chi connectivity index (χ0v) is 16.3. The van der Waals surface area contributed by atoms with E-state index in [2.05, 4.69) is 8.27 Å². The van der Waals surface area contributed by atoms with Crippen molar-refractivity contribution in [3.8, 4) is 0 Å². The predicted molar refractivity (Wildman–Crippen MR) is 71.1 cm³/mol. The van der Waals surface area contributed by atoms with Gasteiger partial charge in [0.1, 0.15) is 0 Å². The van der Waals surface area contributed by atoms with E-state index in [1.165, 1.54) is 6.92 Å². The maximum atomic E-state index is 13.0. The van der Waals surface area contributed by atoms with Gasteiger partial charge in [-0.1, -0.05) is 0 Å². The Morgan fingerprint density at radius 1 is 1.22 bits per heavy atom. The molecule has 2 N–H and O–H groups in total. The van der Waals surface area contributed by atoms with Crippen molar-refractivity contribution < 1.29 is 62.5 Å². The van der Waals surface area contributed by atoms with Crippen molar-refractivity contribution in [2.24, 2.45) is 5.92 Å². The molecule has 1 fully saturated rings. The molecule has 0 aromatic rings. The molecule has 1 saturated heterocycles. The van der Waals surface area contributed by atoms with Crippen LogP contribution in [0.25, 0.3) is 0 Å². The summed E-state index contributed by atoms with van der Waals surface area (Å²) in [7, 11) is 0. The number of carbonyl (C=O) groups is 1. The molecule has 0 bridgehead atoms. The number of halogens is 8. The van der Waals surface area contributed by atoms with Crippen molar-refractivity contribution in [2.75, 3.05) is 0 Å². The first kappa shape index (κ1) is 21.5. The topological polar surface area (TPSA) is 68.5 Å². The summed E-state index contributed by atoms with van der Waals surface area (Å²) in [4.78, 5) is 12.1. The van der Waals surface area contributed by atoms with Gasteiger partial charge < -0.3 is 0 Å². The average molecular weight is 576 g/mol. The molecule has 0 aromatic carbocycles. The predicted octanol–water partition coefficient (Wildman–Crippen LogP) is -0.463. The van der Waals surface area contributed by atoms with Gasteiger partial charge in [-0.05, 0) is 0 Å². The van der Waals surface area contributed by atoms with Crippen LogP contribution in [0.3, 0.4) is 0 Å². The molecule has 0 radical (unpaired) electrons. The van der Waals surface area contributed by atoms with Crippen LogP contribution in [0.5, 0.6) is 0 Å². The number of carbonyl (C=O) groups excluding carboxylic acids is 1. The standard InChI is InChI=1S/C11H14F6I2NO3/c1-4(2)5(9(22,10(12,13)14)11(15,16)17)23-7(21)8(3,18)6-19-20-6/h4-6,20,22H,1-3H3/q-1/t5?,6-,8?/m1/s1. The summed E-state index contributed by atoms with van der Waals surface area (Å²) in [5.74, 6) is -2.64. The SMILES string of the molecule is CC(C)C(OC(=O)C(C)(I)[C@H]1N[I-]1)C(O)(C(F)(F)F)C(F)(F)F. The number of aliphatic hydroxyl groups is 1. The van der Waals surface area contributed by atoms with Gasteiger partial charge in [0.15, 0.2) is 0 Å². The van der Waals surface area contributed by atoms with E-state index in [0.29, 0.717) is 0 Å². The minimum atomic E-state index is -6.05.